The van der Waals surface area contributed by atoms with Gasteiger partial charge >= 0.3 is 0 Å². The van der Waals surface area contributed by atoms with E-state index >= 15 is 0 Å². The minimum atomic E-state index is 0.299. The van der Waals surface area contributed by atoms with Crippen LogP contribution in [-0.4, -0.2) is 35.8 Å². The molecule has 0 saturated carbocycles. The lowest BCUT2D eigenvalue weighted by Crippen LogP contribution is -2.24. The Morgan fingerprint density at radius 2 is 2.19 bits per heavy atom. The number of ether oxygens (including phenoxy) is 1. The van der Waals surface area contributed by atoms with E-state index in [1.54, 1.807) is 12.1 Å². The van der Waals surface area contributed by atoms with E-state index in [-0.39, 0.29) is 0 Å². The van der Waals surface area contributed by atoms with Crippen LogP contribution >= 0.6 is 0 Å². The Labute approximate surface area is 95.8 Å². The summed E-state index contributed by atoms with van der Waals surface area (Å²) in [4.78, 5) is 2.38. The summed E-state index contributed by atoms with van der Waals surface area (Å²) in [5, 5.41) is 8.68. The fourth-order valence-corrected chi connectivity index (χ4v) is 1.98. The largest absolute Gasteiger partial charge is 0.489 e. The predicted molar refractivity (Wildman–Crippen MR) is 63.0 cm³/mol. The number of rotatable bonds is 4. The molecule has 1 aliphatic heterocycles. The molecule has 1 saturated heterocycles. The molecule has 0 bridgehead atoms. The molecule has 0 aromatic heterocycles. The van der Waals surface area contributed by atoms with Crippen molar-refractivity contribution in [1.29, 1.82) is 0 Å². The molecule has 4 nitrogen and oxygen atoms in total. The Bertz CT molecular complexity index is 326. The normalized spacial score (nSPS) is 21.0. The lowest BCUT2D eigenvalue weighted by Gasteiger charge is -2.15. The van der Waals surface area contributed by atoms with Gasteiger partial charge in [0, 0.05) is 13.1 Å². The van der Waals surface area contributed by atoms with Gasteiger partial charge in [0.1, 0.15) is 11.9 Å². The third-order valence-electron chi connectivity index (χ3n) is 2.96. The van der Waals surface area contributed by atoms with Crippen LogP contribution in [0.25, 0.3) is 0 Å². The summed E-state index contributed by atoms with van der Waals surface area (Å²) < 4.78 is 5.86. The summed E-state index contributed by atoms with van der Waals surface area (Å²) >= 11 is 0. The van der Waals surface area contributed by atoms with Crippen molar-refractivity contribution >= 4 is 5.69 Å². The van der Waals surface area contributed by atoms with Crippen molar-refractivity contribution in [2.75, 3.05) is 25.1 Å². The molecule has 0 aliphatic carbocycles. The Morgan fingerprint density at radius 3 is 2.75 bits per heavy atom. The summed E-state index contributed by atoms with van der Waals surface area (Å²) in [5.74, 6) is 0.863. The molecule has 0 radical (unpaired) electrons. The average molecular weight is 222 g/mol. The van der Waals surface area contributed by atoms with Gasteiger partial charge in [0.2, 0.25) is 0 Å². The molecule has 1 aromatic carbocycles. The number of nitrogens with one attached hydrogen (secondary N) is 1. The van der Waals surface area contributed by atoms with E-state index in [0.29, 0.717) is 11.8 Å². The van der Waals surface area contributed by atoms with Gasteiger partial charge in [-0.05, 0) is 37.2 Å². The molecule has 1 atom stereocenters. The summed E-state index contributed by atoms with van der Waals surface area (Å²) in [5.41, 5.74) is 2.78. The van der Waals surface area contributed by atoms with Crippen molar-refractivity contribution in [2.24, 2.45) is 0 Å². The minimum absolute atomic E-state index is 0.299. The van der Waals surface area contributed by atoms with Gasteiger partial charge in [-0.3, -0.25) is 15.6 Å². The highest BCUT2D eigenvalue weighted by atomic mass is 16.5. The second-order valence-electron chi connectivity index (χ2n) is 4.06. The first-order valence-electron chi connectivity index (χ1n) is 5.71. The molecular formula is C12H18N2O2. The molecule has 1 unspecified atom stereocenters. The number of hydrogen-bond acceptors (Lipinski definition) is 4. The molecule has 0 amide bonds. The van der Waals surface area contributed by atoms with Crippen LogP contribution < -0.4 is 10.2 Å². The zero-order valence-corrected chi connectivity index (χ0v) is 9.52. The van der Waals surface area contributed by atoms with E-state index in [1.165, 1.54) is 0 Å². The van der Waals surface area contributed by atoms with Gasteiger partial charge < -0.3 is 4.74 Å². The second-order valence-corrected chi connectivity index (χ2v) is 4.06. The van der Waals surface area contributed by atoms with Gasteiger partial charge in [0.15, 0.2) is 0 Å². The van der Waals surface area contributed by atoms with E-state index in [0.717, 1.165) is 31.8 Å². The molecule has 2 rings (SSSR count). The monoisotopic (exact) mass is 222 g/mol. The number of hydrogen-bond donors (Lipinski definition) is 2. The molecule has 0 spiro atoms. The summed E-state index contributed by atoms with van der Waals surface area (Å²) in [6, 6.07) is 7.32. The molecule has 4 heteroatoms. The lowest BCUT2D eigenvalue weighted by atomic mass is 10.3. The zero-order chi connectivity index (χ0) is 11.4. The molecule has 1 aromatic rings. The van der Waals surface area contributed by atoms with Gasteiger partial charge in [-0.1, -0.05) is 6.92 Å². The van der Waals surface area contributed by atoms with Crippen LogP contribution in [0, 0.1) is 0 Å². The standard InChI is InChI=1S/C12H18N2O2/c1-2-14-8-7-12(9-14)16-11-5-3-10(13-15)4-6-11/h3-6,12-13,15H,2,7-9H2,1H3. The second kappa shape index (κ2) is 5.18. The number of anilines is 1. The van der Waals surface area contributed by atoms with Crippen LogP contribution in [0.2, 0.25) is 0 Å². The highest BCUT2D eigenvalue weighted by Gasteiger charge is 2.22. The molecule has 2 N–H and O–H groups in total. The number of likely N-dealkylation sites (tertiary alicyclic amines) is 1. The molecule has 1 aliphatic rings. The maximum atomic E-state index is 8.68. The third-order valence-corrected chi connectivity index (χ3v) is 2.96. The maximum absolute atomic E-state index is 8.68. The predicted octanol–water partition coefficient (Wildman–Crippen LogP) is 1.96. The highest BCUT2D eigenvalue weighted by molar-refractivity contribution is 5.44. The topological polar surface area (TPSA) is 44.7 Å². The van der Waals surface area contributed by atoms with Gasteiger partial charge in [-0.15, -0.1) is 0 Å². The van der Waals surface area contributed by atoms with Gasteiger partial charge in [0.25, 0.3) is 0 Å². The summed E-state index contributed by atoms with van der Waals surface area (Å²) in [7, 11) is 0. The van der Waals surface area contributed by atoms with E-state index in [1.807, 2.05) is 12.1 Å². The Hall–Kier alpha value is -1.26. The first-order valence-corrected chi connectivity index (χ1v) is 5.71. The lowest BCUT2D eigenvalue weighted by molar-refractivity contribution is 0.202. The van der Waals surface area contributed by atoms with Crippen molar-refractivity contribution in [3.05, 3.63) is 24.3 Å². The van der Waals surface area contributed by atoms with E-state index in [2.05, 4.69) is 17.3 Å². The first kappa shape index (κ1) is 11.2. The van der Waals surface area contributed by atoms with Gasteiger partial charge in [0.05, 0.1) is 5.69 Å². The van der Waals surface area contributed by atoms with E-state index in [9.17, 15) is 0 Å². The quantitative estimate of drug-likeness (QED) is 0.764. The van der Waals surface area contributed by atoms with Crippen LogP contribution in [0.3, 0.4) is 0 Å². The number of nitrogens with zero attached hydrogens (tertiary/aromatic N) is 1. The van der Waals surface area contributed by atoms with Crippen molar-refractivity contribution in [2.45, 2.75) is 19.4 Å². The Kier molecular flexibility index (Phi) is 3.64. The van der Waals surface area contributed by atoms with E-state index < -0.39 is 0 Å². The van der Waals surface area contributed by atoms with Gasteiger partial charge in [-0.25, -0.2) is 0 Å². The Morgan fingerprint density at radius 1 is 1.44 bits per heavy atom. The molecule has 1 fully saturated rings. The van der Waals surface area contributed by atoms with Crippen LogP contribution in [0.15, 0.2) is 24.3 Å². The fourth-order valence-electron chi connectivity index (χ4n) is 1.98. The fraction of sp³-hybridized carbons (Fsp3) is 0.500. The molecule has 16 heavy (non-hydrogen) atoms. The maximum Gasteiger partial charge on any atom is 0.119 e. The van der Waals surface area contributed by atoms with Crippen molar-refractivity contribution in [1.82, 2.24) is 4.90 Å². The number of benzene rings is 1. The van der Waals surface area contributed by atoms with Crippen LogP contribution in [0.1, 0.15) is 13.3 Å². The van der Waals surface area contributed by atoms with Crippen molar-refractivity contribution < 1.29 is 9.94 Å². The smallest absolute Gasteiger partial charge is 0.119 e. The first-order chi connectivity index (χ1) is 7.81. The molecule has 88 valence electrons. The van der Waals surface area contributed by atoms with Crippen molar-refractivity contribution in [3.8, 4) is 5.75 Å². The van der Waals surface area contributed by atoms with Crippen LogP contribution in [0.5, 0.6) is 5.75 Å². The summed E-state index contributed by atoms with van der Waals surface area (Å²) in [6.07, 6.45) is 1.39. The SMILES string of the molecule is CCN1CCC(Oc2ccc(NO)cc2)C1. The Balaban J connectivity index is 1.89. The molecular weight excluding hydrogens is 204 g/mol. The molecule has 1 heterocycles. The summed E-state index contributed by atoms with van der Waals surface area (Å²) in [6.45, 7) is 5.39. The minimum Gasteiger partial charge on any atom is -0.489 e. The highest BCUT2D eigenvalue weighted by Crippen LogP contribution is 2.20. The van der Waals surface area contributed by atoms with Gasteiger partial charge in [-0.2, -0.15) is 0 Å². The van der Waals surface area contributed by atoms with Crippen LogP contribution in [-0.2, 0) is 0 Å². The van der Waals surface area contributed by atoms with Crippen molar-refractivity contribution in [3.63, 3.8) is 0 Å². The van der Waals surface area contributed by atoms with Crippen LogP contribution in [0.4, 0.5) is 5.69 Å². The third kappa shape index (κ3) is 2.65. The zero-order valence-electron chi connectivity index (χ0n) is 9.52. The number of likely N-dealkylation sites (N-methyl/N-ethyl adjacent to an activating group) is 1. The van der Waals surface area contributed by atoms with E-state index in [4.69, 9.17) is 9.94 Å². The average Bonchev–Trinajstić information content (AvgIpc) is 2.78.